The zero-order chi connectivity index (χ0) is 13.5. The van der Waals surface area contributed by atoms with Crippen molar-refractivity contribution >= 4 is 33.4 Å². The van der Waals surface area contributed by atoms with Crippen molar-refractivity contribution < 1.29 is 0 Å². The molecule has 0 unspecified atom stereocenters. The summed E-state index contributed by atoms with van der Waals surface area (Å²) in [5.41, 5.74) is 2.92. The molecule has 4 aromatic rings. The highest BCUT2D eigenvalue weighted by Gasteiger charge is 2.13. The molecule has 0 aliphatic rings. The minimum absolute atomic E-state index is 0.474. The maximum atomic E-state index is 6.26. The first kappa shape index (κ1) is 11.4. The molecule has 0 radical (unpaired) electrons. The largest absolute Gasteiger partial charge is 0.255 e. The summed E-state index contributed by atoms with van der Waals surface area (Å²) in [6.07, 6.45) is 1.78. The average Bonchev–Trinajstić information content (AvgIpc) is 2.86. The Morgan fingerprint density at radius 2 is 1.60 bits per heavy atom. The van der Waals surface area contributed by atoms with Gasteiger partial charge in [0.15, 0.2) is 5.15 Å². The molecule has 2 aromatic heterocycles. The average molecular weight is 280 g/mol. The van der Waals surface area contributed by atoms with Crippen LogP contribution in [0.3, 0.4) is 0 Å². The van der Waals surface area contributed by atoms with Crippen LogP contribution >= 0.6 is 11.6 Å². The molecule has 4 heteroatoms. The van der Waals surface area contributed by atoms with Gasteiger partial charge in [-0.2, -0.15) is 5.10 Å². The first-order chi connectivity index (χ1) is 9.84. The minimum Gasteiger partial charge on any atom is -0.255 e. The van der Waals surface area contributed by atoms with Gasteiger partial charge in [-0.3, -0.25) is 4.98 Å². The third-order valence-electron chi connectivity index (χ3n) is 3.37. The number of aromatic nitrogens is 3. The molecule has 2 heterocycles. The number of halogens is 1. The van der Waals surface area contributed by atoms with Crippen molar-refractivity contribution in [3.05, 3.63) is 65.9 Å². The SMILES string of the molecule is Clc1nn(-c2ccccc2)c2c1cnc1ccccc12. The molecule has 0 bridgehead atoms. The Hall–Kier alpha value is -2.39. The van der Waals surface area contributed by atoms with Gasteiger partial charge in [0.25, 0.3) is 0 Å². The van der Waals surface area contributed by atoms with Gasteiger partial charge in [0.2, 0.25) is 0 Å². The molecule has 2 aromatic carbocycles. The molecule has 0 spiro atoms. The van der Waals surface area contributed by atoms with E-state index >= 15 is 0 Å². The molecule has 0 saturated heterocycles. The molecular weight excluding hydrogens is 270 g/mol. The molecule has 96 valence electrons. The van der Waals surface area contributed by atoms with Gasteiger partial charge in [-0.1, -0.05) is 48.0 Å². The summed E-state index contributed by atoms with van der Waals surface area (Å²) in [5, 5.41) is 6.85. The lowest BCUT2D eigenvalue weighted by Gasteiger charge is -2.05. The number of hydrogen-bond donors (Lipinski definition) is 0. The monoisotopic (exact) mass is 279 g/mol. The van der Waals surface area contributed by atoms with Crippen molar-refractivity contribution in [3.63, 3.8) is 0 Å². The van der Waals surface area contributed by atoms with Gasteiger partial charge < -0.3 is 0 Å². The molecule has 0 N–H and O–H groups in total. The number of pyridine rings is 1. The predicted octanol–water partition coefficient (Wildman–Crippen LogP) is 4.23. The fourth-order valence-corrected chi connectivity index (χ4v) is 2.67. The van der Waals surface area contributed by atoms with E-state index in [0.29, 0.717) is 5.15 Å². The first-order valence-electron chi connectivity index (χ1n) is 6.32. The molecular formula is C16H10ClN3. The van der Waals surface area contributed by atoms with E-state index in [2.05, 4.69) is 10.1 Å². The quantitative estimate of drug-likeness (QED) is 0.522. The van der Waals surface area contributed by atoms with E-state index in [0.717, 1.165) is 27.5 Å². The smallest absolute Gasteiger partial charge is 0.160 e. The highest BCUT2D eigenvalue weighted by atomic mass is 35.5. The van der Waals surface area contributed by atoms with E-state index in [4.69, 9.17) is 11.6 Å². The van der Waals surface area contributed by atoms with Crippen LogP contribution < -0.4 is 0 Å². The second kappa shape index (κ2) is 4.32. The molecule has 20 heavy (non-hydrogen) atoms. The fourth-order valence-electron chi connectivity index (χ4n) is 2.45. The third kappa shape index (κ3) is 1.60. The van der Waals surface area contributed by atoms with Crippen LogP contribution in [0.15, 0.2) is 60.8 Å². The summed E-state index contributed by atoms with van der Waals surface area (Å²) in [6.45, 7) is 0. The highest BCUT2D eigenvalue weighted by Crippen LogP contribution is 2.30. The molecule has 0 saturated carbocycles. The first-order valence-corrected chi connectivity index (χ1v) is 6.70. The van der Waals surface area contributed by atoms with Crippen molar-refractivity contribution in [2.24, 2.45) is 0 Å². The van der Waals surface area contributed by atoms with Crippen LogP contribution in [0.1, 0.15) is 0 Å². The van der Waals surface area contributed by atoms with Crippen LogP contribution in [0.5, 0.6) is 0 Å². The lowest BCUT2D eigenvalue weighted by atomic mass is 10.1. The predicted molar refractivity (Wildman–Crippen MR) is 81.4 cm³/mol. The van der Waals surface area contributed by atoms with Crippen LogP contribution in [0.25, 0.3) is 27.5 Å². The lowest BCUT2D eigenvalue weighted by Crippen LogP contribution is -1.96. The topological polar surface area (TPSA) is 30.7 Å². The van der Waals surface area contributed by atoms with E-state index in [1.54, 1.807) is 6.20 Å². The van der Waals surface area contributed by atoms with Crippen LogP contribution in [0.2, 0.25) is 5.15 Å². The number of rotatable bonds is 1. The third-order valence-corrected chi connectivity index (χ3v) is 3.65. The van der Waals surface area contributed by atoms with Crippen molar-refractivity contribution in [1.82, 2.24) is 14.8 Å². The number of para-hydroxylation sites is 2. The van der Waals surface area contributed by atoms with Crippen molar-refractivity contribution in [2.75, 3.05) is 0 Å². The summed E-state index contributed by atoms with van der Waals surface area (Å²) < 4.78 is 1.88. The molecule has 0 aliphatic carbocycles. The highest BCUT2D eigenvalue weighted by molar-refractivity contribution is 6.35. The van der Waals surface area contributed by atoms with Gasteiger partial charge in [0.05, 0.1) is 22.1 Å². The standard InChI is InChI=1S/C16H10ClN3/c17-16-13-10-18-14-9-5-4-8-12(14)15(13)20(19-16)11-6-2-1-3-7-11/h1-10H. The van der Waals surface area contributed by atoms with E-state index in [9.17, 15) is 0 Å². The van der Waals surface area contributed by atoms with Crippen LogP contribution in [0, 0.1) is 0 Å². The molecule has 4 rings (SSSR count). The second-order valence-corrected chi connectivity index (χ2v) is 4.93. The Kier molecular flexibility index (Phi) is 2.47. The number of nitrogens with zero attached hydrogens (tertiary/aromatic N) is 3. The minimum atomic E-state index is 0.474. The van der Waals surface area contributed by atoms with Crippen LogP contribution in [-0.4, -0.2) is 14.8 Å². The fraction of sp³-hybridized carbons (Fsp3) is 0. The van der Waals surface area contributed by atoms with Gasteiger partial charge >= 0.3 is 0 Å². The number of fused-ring (bicyclic) bond motifs is 3. The van der Waals surface area contributed by atoms with Crippen molar-refractivity contribution in [1.29, 1.82) is 0 Å². The molecule has 0 fully saturated rings. The van der Waals surface area contributed by atoms with Gasteiger partial charge in [-0.05, 0) is 18.2 Å². The van der Waals surface area contributed by atoms with Crippen molar-refractivity contribution in [2.45, 2.75) is 0 Å². The Labute approximate surface area is 120 Å². The summed E-state index contributed by atoms with van der Waals surface area (Å²) in [7, 11) is 0. The number of benzene rings is 2. The van der Waals surface area contributed by atoms with Gasteiger partial charge in [-0.15, -0.1) is 0 Å². The molecule has 0 amide bonds. The second-order valence-electron chi connectivity index (χ2n) is 4.58. The van der Waals surface area contributed by atoms with Crippen LogP contribution in [-0.2, 0) is 0 Å². The van der Waals surface area contributed by atoms with Gasteiger partial charge in [0, 0.05) is 11.6 Å². The molecule has 3 nitrogen and oxygen atoms in total. The summed E-state index contributed by atoms with van der Waals surface area (Å²) >= 11 is 6.26. The summed E-state index contributed by atoms with van der Waals surface area (Å²) in [5.74, 6) is 0. The molecule has 0 aliphatic heterocycles. The van der Waals surface area contributed by atoms with Crippen LogP contribution in [0.4, 0.5) is 0 Å². The number of hydrogen-bond acceptors (Lipinski definition) is 2. The van der Waals surface area contributed by atoms with Crippen molar-refractivity contribution in [3.8, 4) is 5.69 Å². The summed E-state index contributed by atoms with van der Waals surface area (Å²) in [6, 6.07) is 18.0. The maximum Gasteiger partial charge on any atom is 0.160 e. The Morgan fingerprint density at radius 3 is 2.45 bits per heavy atom. The van der Waals surface area contributed by atoms with E-state index in [-0.39, 0.29) is 0 Å². The lowest BCUT2D eigenvalue weighted by molar-refractivity contribution is 0.914. The zero-order valence-electron chi connectivity index (χ0n) is 10.5. The van der Waals surface area contributed by atoms with Gasteiger partial charge in [-0.25, -0.2) is 4.68 Å². The summed E-state index contributed by atoms with van der Waals surface area (Å²) in [4.78, 5) is 4.44. The van der Waals surface area contributed by atoms with E-state index in [1.807, 2.05) is 59.3 Å². The van der Waals surface area contributed by atoms with E-state index in [1.165, 1.54) is 0 Å². The molecule has 0 atom stereocenters. The maximum absolute atomic E-state index is 6.26. The zero-order valence-corrected chi connectivity index (χ0v) is 11.2. The Morgan fingerprint density at radius 1 is 0.850 bits per heavy atom. The van der Waals surface area contributed by atoms with Gasteiger partial charge in [0.1, 0.15) is 0 Å². The normalized spacial score (nSPS) is 11.2. The van der Waals surface area contributed by atoms with E-state index < -0.39 is 0 Å². The Balaban J connectivity index is 2.19. The Bertz CT molecular complexity index is 913.